The molecule has 0 saturated carbocycles. The minimum absolute atomic E-state index is 0.0622. The zero-order chi connectivity index (χ0) is 18.7. The molecule has 26 heavy (non-hydrogen) atoms. The summed E-state index contributed by atoms with van der Waals surface area (Å²) in [5, 5.41) is 20.4. The standard InChI is InChI=1S/C21H17N3O2/c1-15-12-18(13-19(14-22)17-6-4-3-5-7-17)16(2)23(15)20-8-10-21(11-9-20)24(25)26/h3-13H,1-2H3/b19-13-. The Bertz CT molecular complexity index is 1020. The fourth-order valence-corrected chi connectivity index (χ4v) is 3.01. The van der Waals surface area contributed by atoms with Crippen molar-refractivity contribution in [3.05, 3.63) is 93.3 Å². The zero-order valence-corrected chi connectivity index (χ0v) is 14.5. The maximum absolute atomic E-state index is 10.8. The van der Waals surface area contributed by atoms with Gasteiger partial charge in [-0.3, -0.25) is 10.1 Å². The number of nitro benzene ring substituents is 1. The van der Waals surface area contributed by atoms with Crippen LogP contribution in [0.4, 0.5) is 5.69 Å². The first kappa shape index (κ1) is 17.2. The highest BCUT2D eigenvalue weighted by Gasteiger charge is 2.12. The van der Waals surface area contributed by atoms with E-state index in [2.05, 4.69) is 6.07 Å². The van der Waals surface area contributed by atoms with Crippen LogP contribution in [0.3, 0.4) is 0 Å². The molecule has 128 valence electrons. The van der Waals surface area contributed by atoms with Crippen LogP contribution in [0.1, 0.15) is 22.5 Å². The molecule has 1 heterocycles. The number of nitrogens with zero attached hydrogens (tertiary/aromatic N) is 3. The van der Waals surface area contributed by atoms with Crippen LogP contribution < -0.4 is 0 Å². The third kappa shape index (κ3) is 3.26. The van der Waals surface area contributed by atoms with E-state index >= 15 is 0 Å². The fraction of sp³-hybridized carbons (Fsp3) is 0.0952. The molecule has 0 aliphatic rings. The van der Waals surface area contributed by atoms with Crippen molar-refractivity contribution in [2.45, 2.75) is 13.8 Å². The summed E-state index contributed by atoms with van der Waals surface area (Å²) in [5.74, 6) is 0. The Kier molecular flexibility index (Phi) is 4.68. The van der Waals surface area contributed by atoms with Crippen LogP contribution in [0.25, 0.3) is 17.3 Å². The van der Waals surface area contributed by atoms with E-state index in [0.717, 1.165) is 28.2 Å². The first-order valence-corrected chi connectivity index (χ1v) is 8.12. The van der Waals surface area contributed by atoms with Crippen LogP contribution >= 0.6 is 0 Å². The van der Waals surface area contributed by atoms with Gasteiger partial charge in [-0.2, -0.15) is 5.26 Å². The molecule has 0 amide bonds. The lowest BCUT2D eigenvalue weighted by atomic mass is 10.0. The molecule has 5 nitrogen and oxygen atoms in total. The number of aromatic nitrogens is 1. The minimum atomic E-state index is -0.410. The Morgan fingerprint density at radius 3 is 2.35 bits per heavy atom. The molecule has 0 unspecified atom stereocenters. The fourth-order valence-electron chi connectivity index (χ4n) is 3.01. The Labute approximate surface area is 151 Å². The van der Waals surface area contributed by atoms with E-state index < -0.39 is 4.92 Å². The quantitative estimate of drug-likeness (QED) is 0.377. The van der Waals surface area contributed by atoms with Crippen molar-refractivity contribution in [1.29, 1.82) is 5.26 Å². The number of non-ortho nitro benzene ring substituents is 1. The molecule has 2 aromatic carbocycles. The van der Waals surface area contributed by atoms with E-state index in [9.17, 15) is 15.4 Å². The third-order valence-corrected chi connectivity index (χ3v) is 4.29. The molecule has 0 aliphatic heterocycles. The highest BCUT2D eigenvalue weighted by molar-refractivity contribution is 5.90. The lowest BCUT2D eigenvalue weighted by Crippen LogP contribution is -1.99. The van der Waals surface area contributed by atoms with Gasteiger partial charge in [0, 0.05) is 29.2 Å². The van der Waals surface area contributed by atoms with E-state index in [-0.39, 0.29) is 5.69 Å². The molecule has 0 spiro atoms. The molecule has 1 aromatic heterocycles. The van der Waals surface area contributed by atoms with E-state index in [1.165, 1.54) is 12.1 Å². The van der Waals surface area contributed by atoms with Crippen molar-refractivity contribution in [3.63, 3.8) is 0 Å². The molecule has 5 heteroatoms. The number of aryl methyl sites for hydroxylation is 1. The Balaban J connectivity index is 2.04. The van der Waals surface area contributed by atoms with Crippen molar-refractivity contribution in [2.24, 2.45) is 0 Å². The van der Waals surface area contributed by atoms with Crippen LogP contribution in [0, 0.1) is 35.3 Å². The number of hydrogen-bond acceptors (Lipinski definition) is 3. The van der Waals surface area contributed by atoms with Crippen molar-refractivity contribution >= 4 is 17.3 Å². The number of nitro groups is 1. The molecule has 3 aromatic rings. The van der Waals surface area contributed by atoms with E-state index in [1.807, 2.05) is 60.9 Å². The molecule has 0 radical (unpaired) electrons. The summed E-state index contributed by atoms with van der Waals surface area (Å²) in [6.07, 6.45) is 1.87. The average molecular weight is 343 g/mol. The predicted molar refractivity (Wildman–Crippen MR) is 102 cm³/mol. The third-order valence-electron chi connectivity index (χ3n) is 4.29. The van der Waals surface area contributed by atoms with Crippen molar-refractivity contribution < 1.29 is 4.92 Å². The second-order valence-corrected chi connectivity index (χ2v) is 5.97. The summed E-state index contributed by atoms with van der Waals surface area (Å²) in [6.45, 7) is 3.94. The molecule has 0 aliphatic carbocycles. The summed E-state index contributed by atoms with van der Waals surface area (Å²) in [5.41, 5.74) is 5.29. The predicted octanol–water partition coefficient (Wildman–Crippen LogP) is 5.07. The van der Waals surface area contributed by atoms with Gasteiger partial charge in [-0.1, -0.05) is 30.3 Å². The summed E-state index contributed by atoms with van der Waals surface area (Å²) in [7, 11) is 0. The Hall–Kier alpha value is -3.65. The summed E-state index contributed by atoms with van der Waals surface area (Å²) in [4.78, 5) is 10.4. The Morgan fingerprint density at radius 1 is 1.12 bits per heavy atom. The van der Waals surface area contributed by atoms with E-state index in [0.29, 0.717) is 5.57 Å². The summed E-state index contributed by atoms with van der Waals surface area (Å²) in [6, 6.07) is 20.3. The van der Waals surface area contributed by atoms with Crippen LogP contribution in [0.5, 0.6) is 0 Å². The van der Waals surface area contributed by atoms with Gasteiger partial charge in [0.05, 0.1) is 16.6 Å². The van der Waals surface area contributed by atoms with Gasteiger partial charge in [-0.15, -0.1) is 0 Å². The molecule has 0 atom stereocenters. The number of rotatable bonds is 4. The number of allylic oxidation sites excluding steroid dienone is 1. The van der Waals surface area contributed by atoms with Gasteiger partial charge in [-0.05, 0) is 49.2 Å². The van der Waals surface area contributed by atoms with Crippen molar-refractivity contribution in [3.8, 4) is 11.8 Å². The topological polar surface area (TPSA) is 71.9 Å². The van der Waals surface area contributed by atoms with Gasteiger partial charge in [0.15, 0.2) is 0 Å². The molecular formula is C21H17N3O2. The van der Waals surface area contributed by atoms with Crippen LogP contribution in [-0.2, 0) is 0 Å². The molecular weight excluding hydrogens is 326 g/mol. The molecule has 0 fully saturated rings. The van der Waals surface area contributed by atoms with E-state index in [1.54, 1.807) is 12.1 Å². The monoisotopic (exact) mass is 343 g/mol. The largest absolute Gasteiger partial charge is 0.318 e. The average Bonchev–Trinajstić information content (AvgIpc) is 2.93. The lowest BCUT2D eigenvalue weighted by Gasteiger charge is -2.09. The maximum Gasteiger partial charge on any atom is 0.269 e. The SMILES string of the molecule is Cc1cc(/C=C(/C#N)c2ccccc2)c(C)n1-c1ccc([N+](=O)[O-])cc1. The Morgan fingerprint density at radius 2 is 1.77 bits per heavy atom. The lowest BCUT2D eigenvalue weighted by molar-refractivity contribution is -0.384. The molecule has 3 rings (SSSR count). The highest BCUT2D eigenvalue weighted by atomic mass is 16.6. The number of benzene rings is 2. The van der Waals surface area contributed by atoms with Crippen LogP contribution in [0.15, 0.2) is 60.7 Å². The molecule has 0 saturated heterocycles. The van der Waals surface area contributed by atoms with Gasteiger partial charge in [0.25, 0.3) is 5.69 Å². The smallest absolute Gasteiger partial charge is 0.269 e. The van der Waals surface area contributed by atoms with Gasteiger partial charge >= 0.3 is 0 Å². The van der Waals surface area contributed by atoms with Crippen molar-refractivity contribution in [1.82, 2.24) is 4.57 Å². The van der Waals surface area contributed by atoms with Gasteiger partial charge in [0.1, 0.15) is 0 Å². The molecule has 0 N–H and O–H groups in total. The number of nitriles is 1. The second kappa shape index (κ2) is 7.08. The maximum atomic E-state index is 10.8. The first-order valence-electron chi connectivity index (χ1n) is 8.12. The van der Waals surface area contributed by atoms with Crippen molar-refractivity contribution in [2.75, 3.05) is 0 Å². The molecule has 0 bridgehead atoms. The van der Waals surface area contributed by atoms with Gasteiger partial charge < -0.3 is 4.57 Å². The summed E-state index contributed by atoms with van der Waals surface area (Å²) < 4.78 is 2.02. The first-order chi connectivity index (χ1) is 12.5. The van der Waals surface area contributed by atoms with E-state index in [4.69, 9.17) is 0 Å². The van der Waals surface area contributed by atoms with Gasteiger partial charge in [0.2, 0.25) is 0 Å². The number of hydrogen-bond donors (Lipinski definition) is 0. The zero-order valence-electron chi connectivity index (χ0n) is 14.5. The highest BCUT2D eigenvalue weighted by Crippen LogP contribution is 2.26. The summed E-state index contributed by atoms with van der Waals surface area (Å²) >= 11 is 0. The van der Waals surface area contributed by atoms with Crippen LogP contribution in [0.2, 0.25) is 0 Å². The van der Waals surface area contributed by atoms with Crippen LogP contribution in [-0.4, -0.2) is 9.49 Å². The minimum Gasteiger partial charge on any atom is -0.318 e. The second-order valence-electron chi connectivity index (χ2n) is 5.97. The van der Waals surface area contributed by atoms with Gasteiger partial charge in [-0.25, -0.2) is 0 Å². The normalized spacial score (nSPS) is 11.2.